The number of nitrogens with one attached hydrogen (secondary N) is 2. The van der Waals surface area contributed by atoms with Crippen molar-refractivity contribution in [3.05, 3.63) is 29.3 Å². The summed E-state index contributed by atoms with van der Waals surface area (Å²) in [6, 6.07) is 5.34. The van der Waals surface area contributed by atoms with Crippen LogP contribution < -0.4 is 15.4 Å². The van der Waals surface area contributed by atoms with E-state index in [1.807, 2.05) is 17.0 Å². The first kappa shape index (κ1) is 18.8. The summed E-state index contributed by atoms with van der Waals surface area (Å²) < 4.78 is 5.26. The third-order valence-electron chi connectivity index (χ3n) is 4.55. The zero-order valence-electron chi connectivity index (χ0n) is 14.7. The zero-order chi connectivity index (χ0) is 18.2. The van der Waals surface area contributed by atoms with E-state index in [1.165, 1.54) is 18.2 Å². The average molecular weight is 347 g/mol. The van der Waals surface area contributed by atoms with Crippen molar-refractivity contribution in [3.63, 3.8) is 0 Å². The van der Waals surface area contributed by atoms with Gasteiger partial charge in [0.1, 0.15) is 11.8 Å². The highest BCUT2D eigenvalue weighted by atomic mass is 16.5. The van der Waals surface area contributed by atoms with Gasteiger partial charge in [-0.05, 0) is 42.5 Å². The third-order valence-corrected chi connectivity index (χ3v) is 4.55. The molecule has 0 saturated heterocycles. The fraction of sp³-hybridized carbons (Fsp3) is 0.500. The number of fused-ring (bicyclic) bond motifs is 1. The van der Waals surface area contributed by atoms with Gasteiger partial charge in [0.15, 0.2) is 0 Å². The van der Waals surface area contributed by atoms with Crippen molar-refractivity contribution in [2.75, 3.05) is 27.2 Å². The van der Waals surface area contributed by atoms with Crippen LogP contribution in [-0.2, 0) is 27.2 Å². The van der Waals surface area contributed by atoms with Crippen LogP contribution in [0.4, 0.5) is 0 Å². The van der Waals surface area contributed by atoms with Crippen LogP contribution in [0, 0.1) is 0 Å². The van der Waals surface area contributed by atoms with E-state index in [4.69, 9.17) is 4.74 Å². The Labute approximate surface area is 147 Å². The molecule has 25 heavy (non-hydrogen) atoms. The summed E-state index contributed by atoms with van der Waals surface area (Å²) in [4.78, 5) is 36.6. The number of carbonyl (C=O) groups excluding carboxylic acids is 3. The molecule has 3 amide bonds. The van der Waals surface area contributed by atoms with E-state index >= 15 is 0 Å². The van der Waals surface area contributed by atoms with E-state index in [2.05, 4.69) is 16.7 Å². The number of likely N-dealkylation sites (N-methyl/N-ethyl adjacent to an activating group) is 1. The number of carbonyl (C=O) groups is 3. The first-order valence-electron chi connectivity index (χ1n) is 8.44. The summed E-state index contributed by atoms with van der Waals surface area (Å²) in [5.74, 6) is 0.531. The van der Waals surface area contributed by atoms with Crippen LogP contribution in [-0.4, -0.2) is 56.4 Å². The molecule has 1 atom stereocenters. The first-order valence-corrected chi connectivity index (χ1v) is 8.44. The molecule has 1 aromatic rings. The molecule has 7 heteroatoms. The molecule has 0 spiro atoms. The summed E-state index contributed by atoms with van der Waals surface area (Å²) in [6.07, 6.45) is 2.58. The Morgan fingerprint density at radius 1 is 1.28 bits per heavy atom. The topological polar surface area (TPSA) is 87.7 Å². The fourth-order valence-corrected chi connectivity index (χ4v) is 3.05. The molecule has 1 heterocycles. The number of amides is 3. The molecule has 136 valence electrons. The molecule has 0 fully saturated rings. The number of nitrogens with zero attached hydrogens (tertiary/aromatic N) is 1. The second-order valence-electron chi connectivity index (χ2n) is 6.01. The van der Waals surface area contributed by atoms with E-state index in [0.717, 1.165) is 18.6 Å². The predicted molar refractivity (Wildman–Crippen MR) is 93.3 cm³/mol. The Hall–Kier alpha value is -2.57. The molecule has 7 nitrogen and oxygen atoms in total. The smallest absolute Gasteiger partial charge is 0.242 e. The Kier molecular flexibility index (Phi) is 6.80. The van der Waals surface area contributed by atoms with Gasteiger partial charge in [0.05, 0.1) is 7.11 Å². The minimum atomic E-state index is -0.681. The maximum atomic E-state index is 12.5. The molecule has 1 aromatic carbocycles. The Balaban J connectivity index is 1.93. The van der Waals surface area contributed by atoms with E-state index in [1.54, 1.807) is 7.11 Å². The molecule has 0 radical (unpaired) electrons. The van der Waals surface area contributed by atoms with E-state index in [-0.39, 0.29) is 24.7 Å². The molecule has 2 rings (SSSR count). The lowest BCUT2D eigenvalue weighted by Gasteiger charge is -2.21. The monoisotopic (exact) mass is 347 g/mol. The summed E-state index contributed by atoms with van der Waals surface area (Å²) in [5.41, 5.74) is 2.45. The lowest BCUT2D eigenvalue weighted by Crippen LogP contribution is -2.43. The molecule has 1 aliphatic rings. The maximum absolute atomic E-state index is 12.5. The van der Waals surface area contributed by atoms with Gasteiger partial charge < -0.3 is 20.3 Å². The van der Waals surface area contributed by atoms with Crippen LogP contribution in [0.15, 0.2) is 18.2 Å². The largest absolute Gasteiger partial charge is 0.497 e. The lowest BCUT2D eigenvalue weighted by atomic mass is 10.0. The van der Waals surface area contributed by atoms with Crippen molar-refractivity contribution >= 4 is 18.2 Å². The summed E-state index contributed by atoms with van der Waals surface area (Å²) in [7, 11) is 3.15. The Morgan fingerprint density at radius 2 is 2.00 bits per heavy atom. The summed E-state index contributed by atoms with van der Waals surface area (Å²) >= 11 is 0. The van der Waals surface area contributed by atoms with Crippen LogP contribution in [0.1, 0.15) is 24.0 Å². The minimum absolute atomic E-state index is 0.00127. The Bertz CT molecular complexity index is 633. The number of hydrogen-bond acceptors (Lipinski definition) is 4. The molecule has 0 unspecified atom stereocenters. The molecular weight excluding hydrogens is 322 g/mol. The fourth-order valence-electron chi connectivity index (χ4n) is 3.05. The number of rotatable bonds is 7. The van der Waals surface area contributed by atoms with Gasteiger partial charge in [-0.25, -0.2) is 0 Å². The SMILES string of the molecule is CNC(=O)[C@@H](CCC(=O)N1CCc2ccc(OC)cc2CC1)NC=O. The highest BCUT2D eigenvalue weighted by Gasteiger charge is 2.22. The lowest BCUT2D eigenvalue weighted by molar-refractivity contribution is -0.132. The van der Waals surface area contributed by atoms with Crippen molar-refractivity contribution in [1.29, 1.82) is 0 Å². The van der Waals surface area contributed by atoms with Crippen molar-refractivity contribution in [2.45, 2.75) is 31.7 Å². The third kappa shape index (κ3) is 4.95. The van der Waals surface area contributed by atoms with Crippen LogP contribution in [0.3, 0.4) is 0 Å². The highest BCUT2D eigenvalue weighted by Crippen LogP contribution is 2.22. The van der Waals surface area contributed by atoms with Crippen LogP contribution in [0.2, 0.25) is 0 Å². The second-order valence-corrected chi connectivity index (χ2v) is 6.01. The van der Waals surface area contributed by atoms with Crippen LogP contribution >= 0.6 is 0 Å². The summed E-state index contributed by atoms with van der Waals surface area (Å²) in [5, 5.41) is 4.94. The van der Waals surface area contributed by atoms with Gasteiger partial charge in [-0.2, -0.15) is 0 Å². The normalized spacial score (nSPS) is 14.7. The van der Waals surface area contributed by atoms with Crippen LogP contribution in [0.5, 0.6) is 5.75 Å². The average Bonchev–Trinajstić information content (AvgIpc) is 2.86. The van der Waals surface area contributed by atoms with E-state index < -0.39 is 6.04 Å². The maximum Gasteiger partial charge on any atom is 0.242 e. The second kappa shape index (κ2) is 9.05. The highest BCUT2D eigenvalue weighted by molar-refractivity contribution is 5.84. The zero-order valence-corrected chi connectivity index (χ0v) is 14.7. The number of ether oxygens (including phenoxy) is 1. The van der Waals surface area contributed by atoms with Gasteiger partial charge in [-0.1, -0.05) is 6.07 Å². The van der Waals surface area contributed by atoms with Gasteiger partial charge in [0.2, 0.25) is 18.2 Å². The molecule has 0 bridgehead atoms. The number of hydrogen-bond donors (Lipinski definition) is 2. The van der Waals surface area contributed by atoms with Crippen LogP contribution in [0.25, 0.3) is 0 Å². The van der Waals surface area contributed by atoms with Gasteiger partial charge >= 0.3 is 0 Å². The molecule has 0 aromatic heterocycles. The number of benzene rings is 1. The van der Waals surface area contributed by atoms with E-state index in [9.17, 15) is 14.4 Å². The van der Waals surface area contributed by atoms with E-state index in [0.29, 0.717) is 19.5 Å². The van der Waals surface area contributed by atoms with Crippen molar-refractivity contribution in [2.24, 2.45) is 0 Å². The first-order chi connectivity index (χ1) is 12.1. The number of methoxy groups -OCH3 is 1. The molecule has 0 saturated carbocycles. The minimum Gasteiger partial charge on any atom is -0.497 e. The Morgan fingerprint density at radius 3 is 2.64 bits per heavy atom. The quantitative estimate of drug-likeness (QED) is 0.693. The van der Waals surface area contributed by atoms with Gasteiger partial charge in [-0.3, -0.25) is 14.4 Å². The van der Waals surface area contributed by atoms with Gasteiger partial charge in [-0.15, -0.1) is 0 Å². The molecule has 2 N–H and O–H groups in total. The molecule has 1 aliphatic heterocycles. The standard InChI is InChI=1S/C18H25N3O4/c1-19-18(24)16(20-12-22)5-6-17(23)21-9-7-13-3-4-15(25-2)11-14(13)8-10-21/h3-4,11-12,16H,5-10H2,1-2H3,(H,19,24)(H,20,22)/t16-/m1/s1. The predicted octanol–water partition coefficient (Wildman–Crippen LogP) is 0.263. The molecule has 0 aliphatic carbocycles. The van der Waals surface area contributed by atoms with Gasteiger partial charge in [0, 0.05) is 26.6 Å². The van der Waals surface area contributed by atoms with Crippen molar-refractivity contribution in [3.8, 4) is 5.75 Å². The van der Waals surface area contributed by atoms with Gasteiger partial charge in [0.25, 0.3) is 0 Å². The summed E-state index contributed by atoms with van der Waals surface area (Å²) in [6.45, 7) is 1.30. The van der Waals surface area contributed by atoms with Crippen molar-refractivity contribution in [1.82, 2.24) is 15.5 Å². The van der Waals surface area contributed by atoms with Crippen molar-refractivity contribution < 1.29 is 19.1 Å². The molecular formula is C18H25N3O4.